The molecule has 0 spiro atoms. The highest BCUT2D eigenvalue weighted by atomic mass is 16.5. The summed E-state index contributed by atoms with van der Waals surface area (Å²) in [5.74, 6) is 1.27. The van der Waals surface area contributed by atoms with E-state index in [1.165, 1.54) is 30.6 Å². The van der Waals surface area contributed by atoms with E-state index in [9.17, 15) is 0 Å². The highest BCUT2D eigenvalue weighted by molar-refractivity contribution is 5.52. The number of aryl methyl sites for hydroxylation is 2. The number of hydrogen-bond acceptors (Lipinski definition) is 4. The minimum absolute atomic E-state index is 0.412. The fourth-order valence-corrected chi connectivity index (χ4v) is 3.67. The van der Waals surface area contributed by atoms with Crippen LogP contribution >= 0.6 is 0 Å². The Labute approximate surface area is 114 Å². The Morgan fingerprint density at radius 3 is 3.05 bits per heavy atom. The smallest absolute Gasteiger partial charge is 0.130 e. The van der Waals surface area contributed by atoms with E-state index in [0.29, 0.717) is 18.7 Å². The lowest BCUT2D eigenvalue weighted by molar-refractivity contribution is 0.0250. The van der Waals surface area contributed by atoms with E-state index in [1.807, 2.05) is 11.7 Å². The largest absolute Gasteiger partial charge is 0.374 e. The maximum atomic E-state index is 5.90. The number of rotatable bonds is 3. The van der Waals surface area contributed by atoms with Gasteiger partial charge in [-0.1, -0.05) is 0 Å². The van der Waals surface area contributed by atoms with Gasteiger partial charge in [-0.05, 0) is 39.2 Å². The molecule has 1 aromatic heterocycles. The molecule has 1 aliphatic heterocycles. The van der Waals surface area contributed by atoms with Crippen LogP contribution in [0.5, 0.6) is 0 Å². The Hall–Kier alpha value is -1.07. The van der Waals surface area contributed by atoms with Crippen molar-refractivity contribution in [2.45, 2.75) is 44.8 Å². The van der Waals surface area contributed by atoms with Crippen molar-refractivity contribution in [2.75, 3.05) is 24.6 Å². The quantitative estimate of drug-likeness (QED) is 0.884. The van der Waals surface area contributed by atoms with Gasteiger partial charge in [0.25, 0.3) is 0 Å². The summed E-state index contributed by atoms with van der Waals surface area (Å²) in [5, 5.41) is 4.60. The molecule has 2 atom stereocenters. The topological polar surface area (TPSA) is 56.3 Å². The molecule has 2 heterocycles. The summed E-state index contributed by atoms with van der Waals surface area (Å²) in [5.41, 5.74) is 8.20. The van der Waals surface area contributed by atoms with Gasteiger partial charge in [-0.2, -0.15) is 5.10 Å². The van der Waals surface area contributed by atoms with Crippen LogP contribution < -0.4 is 10.6 Å². The van der Waals surface area contributed by atoms with E-state index in [-0.39, 0.29) is 0 Å². The molecule has 0 bridgehead atoms. The predicted octanol–water partition coefficient (Wildman–Crippen LogP) is 0.987. The molecule has 5 nitrogen and oxygen atoms in total. The van der Waals surface area contributed by atoms with Gasteiger partial charge in [-0.15, -0.1) is 0 Å². The molecule has 1 aromatic rings. The van der Waals surface area contributed by atoms with Gasteiger partial charge in [-0.3, -0.25) is 4.68 Å². The number of morpholine rings is 1. The van der Waals surface area contributed by atoms with E-state index in [4.69, 9.17) is 10.5 Å². The van der Waals surface area contributed by atoms with Gasteiger partial charge < -0.3 is 15.4 Å². The number of nitrogens with two attached hydrogens (primary N) is 1. The van der Waals surface area contributed by atoms with Crippen molar-refractivity contribution in [1.29, 1.82) is 0 Å². The average molecular weight is 264 g/mol. The van der Waals surface area contributed by atoms with Gasteiger partial charge in [0.1, 0.15) is 5.82 Å². The molecule has 0 radical (unpaired) electrons. The first kappa shape index (κ1) is 12.9. The first-order chi connectivity index (χ1) is 9.22. The summed E-state index contributed by atoms with van der Waals surface area (Å²) in [6.45, 7) is 4.56. The van der Waals surface area contributed by atoms with Crippen molar-refractivity contribution >= 4 is 5.82 Å². The van der Waals surface area contributed by atoms with Crippen LogP contribution in [-0.4, -0.2) is 41.6 Å². The Morgan fingerprint density at radius 2 is 2.26 bits per heavy atom. The molecular weight excluding hydrogens is 240 g/mol. The lowest BCUT2D eigenvalue weighted by Gasteiger charge is -2.39. The lowest BCUT2D eigenvalue weighted by atomic mass is 10.1. The third-order valence-corrected chi connectivity index (χ3v) is 4.46. The summed E-state index contributed by atoms with van der Waals surface area (Å²) >= 11 is 0. The molecule has 2 N–H and O–H groups in total. The zero-order valence-electron chi connectivity index (χ0n) is 11.9. The minimum Gasteiger partial charge on any atom is -0.374 e. The number of ether oxygens (including phenoxy) is 1. The van der Waals surface area contributed by atoms with Crippen LogP contribution in [0.1, 0.15) is 30.5 Å². The first-order valence-electron chi connectivity index (χ1n) is 7.33. The van der Waals surface area contributed by atoms with Gasteiger partial charge in [0.15, 0.2) is 0 Å². The Kier molecular flexibility index (Phi) is 3.50. The summed E-state index contributed by atoms with van der Waals surface area (Å²) in [4.78, 5) is 2.52. The highest BCUT2D eigenvalue weighted by Crippen LogP contribution is 2.35. The number of fused-ring (bicyclic) bond motifs is 1. The van der Waals surface area contributed by atoms with Crippen LogP contribution in [0.3, 0.4) is 0 Å². The molecule has 2 aliphatic rings. The fourth-order valence-electron chi connectivity index (χ4n) is 3.67. The van der Waals surface area contributed by atoms with Crippen LogP contribution in [0.2, 0.25) is 0 Å². The van der Waals surface area contributed by atoms with Crippen molar-refractivity contribution < 1.29 is 4.74 Å². The van der Waals surface area contributed by atoms with Gasteiger partial charge in [0, 0.05) is 19.2 Å². The number of aromatic nitrogens is 2. The Bertz CT molecular complexity index is 457. The molecule has 2 fully saturated rings. The van der Waals surface area contributed by atoms with Gasteiger partial charge in [-0.25, -0.2) is 0 Å². The fraction of sp³-hybridized carbons (Fsp3) is 0.786. The molecule has 0 aromatic carbocycles. The van der Waals surface area contributed by atoms with Gasteiger partial charge in [0.2, 0.25) is 0 Å². The monoisotopic (exact) mass is 264 g/mol. The van der Waals surface area contributed by atoms with Crippen molar-refractivity contribution in [3.05, 3.63) is 11.3 Å². The summed E-state index contributed by atoms with van der Waals surface area (Å²) < 4.78 is 7.93. The average Bonchev–Trinajstić information content (AvgIpc) is 2.95. The van der Waals surface area contributed by atoms with Crippen LogP contribution in [-0.2, 0) is 18.2 Å². The van der Waals surface area contributed by atoms with Crippen molar-refractivity contribution in [3.63, 3.8) is 0 Å². The van der Waals surface area contributed by atoms with Crippen LogP contribution in [0.15, 0.2) is 0 Å². The highest BCUT2D eigenvalue weighted by Gasteiger charge is 2.38. The van der Waals surface area contributed by atoms with Crippen molar-refractivity contribution in [3.8, 4) is 0 Å². The van der Waals surface area contributed by atoms with Gasteiger partial charge in [0.05, 0.1) is 24.4 Å². The predicted molar refractivity (Wildman–Crippen MR) is 75.4 cm³/mol. The Morgan fingerprint density at radius 1 is 1.42 bits per heavy atom. The first-order valence-corrected chi connectivity index (χ1v) is 7.33. The van der Waals surface area contributed by atoms with Crippen LogP contribution in [0.25, 0.3) is 0 Å². The molecule has 0 amide bonds. The van der Waals surface area contributed by atoms with E-state index in [0.717, 1.165) is 25.3 Å². The zero-order valence-corrected chi connectivity index (χ0v) is 11.9. The SMILES string of the molecule is Cc1nn(C)c(N2CCOC3CCCC32)c1CCN. The van der Waals surface area contributed by atoms with Crippen LogP contribution in [0, 0.1) is 6.92 Å². The molecule has 19 heavy (non-hydrogen) atoms. The zero-order chi connectivity index (χ0) is 13.4. The molecular formula is C14H24N4O. The van der Waals surface area contributed by atoms with E-state index in [2.05, 4.69) is 16.9 Å². The molecule has 5 heteroatoms. The van der Waals surface area contributed by atoms with Crippen molar-refractivity contribution in [2.24, 2.45) is 12.8 Å². The second-order valence-electron chi connectivity index (χ2n) is 5.65. The molecule has 106 valence electrons. The number of anilines is 1. The summed E-state index contributed by atoms with van der Waals surface area (Å²) in [6.07, 6.45) is 5.02. The van der Waals surface area contributed by atoms with Crippen LogP contribution in [0.4, 0.5) is 5.82 Å². The van der Waals surface area contributed by atoms with Crippen molar-refractivity contribution in [1.82, 2.24) is 9.78 Å². The third-order valence-electron chi connectivity index (χ3n) is 4.46. The van der Waals surface area contributed by atoms with E-state index in [1.54, 1.807) is 0 Å². The second kappa shape index (κ2) is 5.13. The lowest BCUT2D eigenvalue weighted by Crippen LogP contribution is -2.49. The maximum absolute atomic E-state index is 5.90. The summed E-state index contributed by atoms with van der Waals surface area (Å²) in [7, 11) is 2.04. The standard InChI is InChI=1S/C14H24N4O/c1-10-11(6-7-15)14(17(2)16-10)18-8-9-19-13-5-3-4-12(13)18/h12-13H,3-9,15H2,1-2H3. The minimum atomic E-state index is 0.412. The number of nitrogens with zero attached hydrogens (tertiary/aromatic N) is 3. The second-order valence-corrected chi connectivity index (χ2v) is 5.65. The third kappa shape index (κ3) is 2.15. The molecule has 1 saturated heterocycles. The molecule has 1 saturated carbocycles. The normalized spacial score (nSPS) is 26.8. The van der Waals surface area contributed by atoms with Gasteiger partial charge >= 0.3 is 0 Å². The maximum Gasteiger partial charge on any atom is 0.130 e. The Balaban J connectivity index is 1.96. The summed E-state index contributed by atoms with van der Waals surface area (Å²) in [6, 6.07) is 0.528. The van der Waals surface area contributed by atoms with E-state index < -0.39 is 0 Å². The number of hydrogen-bond donors (Lipinski definition) is 1. The van der Waals surface area contributed by atoms with E-state index >= 15 is 0 Å². The molecule has 1 aliphatic carbocycles. The molecule has 2 unspecified atom stereocenters. The molecule has 3 rings (SSSR count).